The third kappa shape index (κ3) is 4.59. The number of aliphatic carboxylic acids is 1. The molecule has 1 amide bonds. The first-order valence-corrected chi connectivity index (χ1v) is 9.39. The Morgan fingerprint density at radius 2 is 1.90 bits per heavy atom. The van der Waals surface area contributed by atoms with Crippen LogP contribution in [0.2, 0.25) is 0 Å². The summed E-state index contributed by atoms with van der Waals surface area (Å²) < 4.78 is 0. The largest absolute Gasteiger partial charge is 0.480 e. The van der Waals surface area contributed by atoms with Gasteiger partial charge in [0.25, 0.3) is 5.91 Å². The lowest BCUT2D eigenvalue weighted by atomic mass is 10.1. The summed E-state index contributed by atoms with van der Waals surface area (Å²) in [6.45, 7) is 3.90. The normalized spacial score (nSPS) is 11.8. The van der Waals surface area contributed by atoms with Crippen LogP contribution >= 0.6 is 0 Å². The zero-order valence-electron chi connectivity index (χ0n) is 17.0. The van der Waals surface area contributed by atoms with Crippen molar-refractivity contribution in [2.45, 2.75) is 32.9 Å². The first kappa shape index (κ1) is 20.9. The van der Waals surface area contributed by atoms with Crippen molar-refractivity contribution in [3.8, 4) is 0 Å². The molecule has 2 heterocycles. The number of anilines is 2. The first-order valence-electron chi connectivity index (χ1n) is 9.39. The van der Waals surface area contributed by atoms with E-state index in [-0.39, 0.29) is 5.82 Å². The van der Waals surface area contributed by atoms with Crippen LogP contribution in [0.15, 0.2) is 30.5 Å². The SMILES string of the molecule is CC[C@H](NC(=O)c1ccc(N(C)Cc2cnc3nc(C)nc(N)c3n2)cc1)C(=O)O. The van der Waals surface area contributed by atoms with Crippen LogP contribution in [0.5, 0.6) is 0 Å². The summed E-state index contributed by atoms with van der Waals surface area (Å²) in [5, 5.41) is 11.6. The molecule has 0 unspecified atom stereocenters. The molecule has 0 fully saturated rings. The highest BCUT2D eigenvalue weighted by Gasteiger charge is 2.18. The number of nitrogen functional groups attached to an aromatic ring is 1. The maximum atomic E-state index is 12.2. The molecule has 10 heteroatoms. The van der Waals surface area contributed by atoms with Gasteiger partial charge < -0.3 is 21.1 Å². The Morgan fingerprint density at radius 1 is 1.20 bits per heavy atom. The van der Waals surface area contributed by atoms with E-state index in [4.69, 9.17) is 10.8 Å². The van der Waals surface area contributed by atoms with Crippen molar-refractivity contribution in [2.24, 2.45) is 0 Å². The minimum Gasteiger partial charge on any atom is -0.480 e. The van der Waals surface area contributed by atoms with E-state index in [1.807, 2.05) is 11.9 Å². The molecule has 1 aromatic carbocycles. The van der Waals surface area contributed by atoms with Gasteiger partial charge in [-0.3, -0.25) is 4.79 Å². The Labute approximate surface area is 173 Å². The molecular weight excluding hydrogens is 386 g/mol. The molecule has 2 aromatic heterocycles. The Morgan fingerprint density at radius 3 is 2.53 bits per heavy atom. The lowest BCUT2D eigenvalue weighted by Crippen LogP contribution is -2.40. The van der Waals surface area contributed by atoms with Gasteiger partial charge in [-0.15, -0.1) is 0 Å². The van der Waals surface area contributed by atoms with Crippen LogP contribution < -0.4 is 16.0 Å². The predicted molar refractivity (Wildman–Crippen MR) is 112 cm³/mol. The fourth-order valence-corrected chi connectivity index (χ4v) is 2.94. The number of aromatic nitrogens is 4. The fraction of sp³-hybridized carbons (Fsp3) is 0.300. The smallest absolute Gasteiger partial charge is 0.326 e. The van der Waals surface area contributed by atoms with Crippen molar-refractivity contribution in [2.75, 3.05) is 17.7 Å². The number of nitrogens with one attached hydrogen (secondary N) is 1. The number of carbonyl (C=O) groups excluding carboxylic acids is 1. The van der Waals surface area contributed by atoms with Crippen LogP contribution in [0, 0.1) is 6.92 Å². The lowest BCUT2D eigenvalue weighted by molar-refractivity contribution is -0.139. The Kier molecular flexibility index (Phi) is 6.05. The maximum Gasteiger partial charge on any atom is 0.326 e. The molecule has 0 saturated heterocycles. The third-order valence-corrected chi connectivity index (χ3v) is 4.58. The summed E-state index contributed by atoms with van der Waals surface area (Å²) in [6.07, 6.45) is 1.95. The molecule has 156 valence electrons. The highest BCUT2D eigenvalue weighted by Crippen LogP contribution is 2.18. The molecule has 3 aromatic rings. The fourth-order valence-electron chi connectivity index (χ4n) is 2.94. The number of carbonyl (C=O) groups is 2. The van der Waals surface area contributed by atoms with Gasteiger partial charge in [-0.2, -0.15) is 0 Å². The van der Waals surface area contributed by atoms with E-state index in [0.29, 0.717) is 41.2 Å². The molecular formula is C20H23N7O3. The average Bonchev–Trinajstić information content (AvgIpc) is 2.72. The summed E-state index contributed by atoms with van der Waals surface area (Å²) >= 11 is 0. The second kappa shape index (κ2) is 8.68. The molecule has 0 aliphatic carbocycles. The summed E-state index contributed by atoms with van der Waals surface area (Å²) in [6, 6.07) is 5.96. The minimum atomic E-state index is -1.06. The number of carboxylic acids is 1. The quantitative estimate of drug-likeness (QED) is 0.528. The number of hydrogen-bond acceptors (Lipinski definition) is 8. The van der Waals surface area contributed by atoms with E-state index in [2.05, 4.69) is 25.3 Å². The summed E-state index contributed by atoms with van der Waals surface area (Å²) in [5.41, 5.74) is 8.78. The van der Waals surface area contributed by atoms with Crippen molar-refractivity contribution in [3.63, 3.8) is 0 Å². The topological polar surface area (TPSA) is 147 Å². The molecule has 0 spiro atoms. The maximum absolute atomic E-state index is 12.2. The van der Waals surface area contributed by atoms with Crippen molar-refractivity contribution >= 4 is 34.5 Å². The van der Waals surface area contributed by atoms with Crippen LogP contribution in [0.25, 0.3) is 11.2 Å². The van der Waals surface area contributed by atoms with E-state index in [0.717, 1.165) is 5.69 Å². The van der Waals surface area contributed by atoms with E-state index >= 15 is 0 Å². The van der Waals surface area contributed by atoms with Crippen LogP contribution in [-0.2, 0) is 11.3 Å². The number of aryl methyl sites for hydroxylation is 1. The Bertz CT molecular complexity index is 1090. The van der Waals surface area contributed by atoms with E-state index in [9.17, 15) is 9.59 Å². The zero-order valence-corrected chi connectivity index (χ0v) is 17.0. The van der Waals surface area contributed by atoms with Crippen LogP contribution in [0.4, 0.5) is 11.5 Å². The highest BCUT2D eigenvalue weighted by atomic mass is 16.4. The number of amides is 1. The zero-order chi connectivity index (χ0) is 21.8. The highest BCUT2D eigenvalue weighted by molar-refractivity contribution is 5.96. The van der Waals surface area contributed by atoms with Crippen molar-refractivity contribution in [3.05, 3.63) is 47.5 Å². The van der Waals surface area contributed by atoms with E-state index in [1.54, 1.807) is 44.3 Å². The van der Waals surface area contributed by atoms with Crippen molar-refractivity contribution in [1.82, 2.24) is 25.3 Å². The molecule has 30 heavy (non-hydrogen) atoms. The Hall–Kier alpha value is -3.82. The number of carboxylic acid groups (broad SMARTS) is 1. The standard InChI is InChI=1S/C20H23N7O3/c1-4-15(20(29)30)26-19(28)12-5-7-14(8-6-12)27(3)10-13-9-22-18-16(25-13)17(21)23-11(2)24-18/h5-9,15H,4,10H2,1-3H3,(H,26,28)(H,29,30)(H2,21,22,23,24)/t15-/m0/s1. The van der Waals surface area contributed by atoms with E-state index < -0.39 is 17.9 Å². The number of rotatable bonds is 7. The van der Waals surface area contributed by atoms with Gasteiger partial charge >= 0.3 is 5.97 Å². The summed E-state index contributed by atoms with van der Waals surface area (Å²) in [7, 11) is 1.88. The molecule has 0 aliphatic rings. The van der Waals surface area contributed by atoms with Crippen LogP contribution in [-0.4, -0.2) is 50.0 Å². The average molecular weight is 409 g/mol. The van der Waals surface area contributed by atoms with Gasteiger partial charge in [0.15, 0.2) is 17.0 Å². The Balaban J connectivity index is 1.71. The number of benzene rings is 1. The summed E-state index contributed by atoms with van der Waals surface area (Å²) in [5.74, 6) is -0.655. The van der Waals surface area contributed by atoms with Crippen molar-refractivity contribution < 1.29 is 14.7 Å². The van der Waals surface area contributed by atoms with Crippen LogP contribution in [0.3, 0.4) is 0 Å². The third-order valence-electron chi connectivity index (χ3n) is 4.58. The molecule has 1 atom stereocenters. The van der Waals surface area contributed by atoms with Gasteiger partial charge in [0.05, 0.1) is 18.4 Å². The number of fused-ring (bicyclic) bond motifs is 1. The second-order valence-electron chi connectivity index (χ2n) is 6.87. The first-order chi connectivity index (χ1) is 14.3. The molecule has 0 aliphatic heterocycles. The molecule has 0 bridgehead atoms. The number of nitrogens with zero attached hydrogens (tertiary/aromatic N) is 5. The lowest BCUT2D eigenvalue weighted by Gasteiger charge is -2.19. The predicted octanol–water partition coefficient (Wildman–Crippen LogP) is 1.54. The van der Waals surface area contributed by atoms with Gasteiger partial charge in [0.2, 0.25) is 0 Å². The molecule has 0 radical (unpaired) electrons. The second-order valence-corrected chi connectivity index (χ2v) is 6.87. The van der Waals surface area contributed by atoms with Crippen LogP contribution in [0.1, 0.15) is 35.2 Å². The van der Waals surface area contributed by atoms with Gasteiger partial charge in [0.1, 0.15) is 11.9 Å². The minimum absolute atomic E-state index is 0.289. The number of hydrogen-bond donors (Lipinski definition) is 3. The molecule has 4 N–H and O–H groups in total. The van der Waals surface area contributed by atoms with Gasteiger partial charge in [-0.05, 0) is 37.6 Å². The van der Waals surface area contributed by atoms with Gasteiger partial charge in [0, 0.05) is 18.3 Å². The molecule has 10 nitrogen and oxygen atoms in total. The van der Waals surface area contributed by atoms with Gasteiger partial charge in [-0.1, -0.05) is 6.92 Å². The van der Waals surface area contributed by atoms with Crippen molar-refractivity contribution in [1.29, 1.82) is 0 Å². The van der Waals surface area contributed by atoms with E-state index in [1.165, 1.54) is 0 Å². The summed E-state index contributed by atoms with van der Waals surface area (Å²) in [4.78, 5) is 42.4. The molecule has 3 rings (SSSR count). The van der Waals surface area contributed by atoms with Gasteiger partial charge in [-0.25, -0.2) is 24.7 Å². The molecule has 0 saturated carbocycles. The number of nitrogens with two attached hydrogens (primary N) is 1. The monoisotopic (exact) mass is 409 g/mol.